The maximum atomic E-state index is 12.6. The molecule has 3 rings (SSSR count). The van der Waals surface area contributed by atoms with E-state index in [-0.39, 0.29) is 18.3 Å². The highest BCUT2D eigenvalue weighted by Crippen LogP contribution is 2.25. The third-order valence-electron chi connectivity index (χ3n) is 4.95. The lowest BCUT2D eigenvalue weighted by atomic mass is 9.99. The summed E-state index contributed by atoms with van der Waals surface area (Å²) in [5, 5.41) is 7.70. The molecule has 0 saturated carbocycles. The van der Waals surface area contributed by atoms with E-state index in [2.05, 4.69) is 24.3 Å². The van der Waals surface area contributed by atoms with Crippen LogP contribution in [0.1, 0.15) is 68.1 Å². The van der Waals surface area contributed by atoms with E-state index in [0.29, 0.717) is 23.8 Å². The molecule has 1 aromatic heterocycles. The van der Waals surface area contributed by atoms with Gasteiger partial charge in [0.2, 0.25) is 5.76 Å². The standard InChI is InChI=1S/C16H25N3O2.ClH/c1-3-11(4-2)14-9-15(21-18-14)16(20)19-8-7-12-5-6-13(10-19)17-12;/h9,11-13,17H,3-8,10H2,1-2H3;1H. The summed E-state index contributed by atoms with van der Waals surface area (Å²) in [6, 6.07) is 2.88. The fraction of sp³-hybridized carbons (Fsp3) is 0.750. The largest absolute Gasteiger partial charge is 0.351 e. The van der Waals surface area contributed by atoms with Crippen molar-refractivity contribution in [3.05, 3.63) is 17.5 Å². The van der Waals surface area contributed by atoms with E-state index in [9.17, 15) is 4.79 Å². The lowest BCUT2D eigenvalue weighted by Crippen LogP contribution is -2.38. The van der Waals surface area contributed by atoms with Gasteiger partial charge < -0.3 is 14.7 Å². The number of nitrogens with one attached hydrogen (secondary N) is 1. The fourth-order valence-electron chi connectivity index (χ4n) is 3.57. The first-order valence-electron chi connectivity index (χ1n) is 8.23. The van der Waals surface area contributed by atoms with Crippen LogP contribution >= 0.6 is 12.4 Å². The van der Waals surface area contributed by atoms with E-state index in [1.807, 2.05) is 11.0 Å². The van der Waals surface area contributed by atoms with Crippen LogP contribution in [0, 0.1) is 0 Å². The lowest BCUT2D eigenvalue weighted by Gasteiger charge is -2.22. The van der Waals surface area contributed by atoms with Crippen molar-refractivity contribution in [1.82, 2.24) is 15.4 Å². The lowest BCUT2D eigenvalue weighted by molar-refractivity contribution is 0.0706. The van der Waals surface area contributed by atoms with Crippen molar-refractivity contribution in [2.45, 2.75) is 64.0 Å². The Balaban J connectivity index is 0.00000176. The molecule has 1 N–H and O–H groups in total. The number of likely N-dealkylation sites (tertiary alicyclic amines) is 1. The van der Waals surface area contributed by atoms with Crippen LogP contribution < -0.4 is 5.32 Å². The highest BCUT2D eigenvalue weighted by Gasteiger charge is 2.32. The number of hydrogen-bond donors (Lipinski definition) is 1. The van der Waals surface area contributed by atoms with Gasteiger partial charge in [0, 0.05) is 37.2 Å². The Hall–Kier alpha value is -1.07. The Bertz CT molecular complexity index is 501. The quantitative estimate of drug-likeness (QED) is 0.923. The number of hydrogen-bond acceptors (Lipinski definition) is 4. The van der Waals surface area contributed by atoms with Crippen molar-refractivity contribution in [2.75, 3.05) is 13.1 Å². The van der Waals surface area contributed by atoms with Gasteiger partial charge in [-0.3, -0.25) is 4.79 Å². The third kappa shape index (κ3) is 3.46. The second-order valence-electron chi connectivity index (χ2n) is 6.31. The van der Waals surface area contributed by atoms with Gasteiger partial charge in [0.15, 0.2) is 0 Å². The molecule has 2 fully saturated rings. The molecule has 0 aliphatic carbocycles. The summed E-state index contributed by atoms with van der Waals surface area (Å²) in [5.74, 6) is 0.779. The SMILES string of the molecule is CCC(CC)c1cc(C(=O)N2CCC3CCC(C2)N3)on1.Cl. The number of halogens is 1. The van der Waals surface area contributed by atoms with Crippen molar-refractivity contribution in [2.24, 2.45) is 0 Å². The van der Waals surface area contributed by atoms with Crippen LogP contribution in [0.3, 0.4) is 0 Å². The first-order chi connectivity index (χ1) is 10.2. The molecule has 0 radical (unpaired) electrons. The van der Waals surface area contributed by atoms with Gasteiger partial charge in [-0.15, -0.1) is 12.4 Å². The van der Waals surface area contributed by atoms with Crippen molar-refractivity contribution < 1.29 is 9.32 Å². The van der Waals surface area contributed by atoms with Crippen molar-refractivity contribution in [3.8, 4) is 0 Å². The molecular weight excluding hydrogens is 302 g/mol. The van der Waals surface area contributed by atoms with Crippen LogP contribution in [0.5, 0.6) is 0 Å². The summed E-state index contributed by atoms with van der Waals surface area (Å²) in [7, 11) is 0. The van der Waals surface area contributed by atoms with Gasteiger partial charge >= 0.3 is 0 Å². The molecule has 2 saturated heterocycles. The predicted molar refractivity (Wildman–Crippen MR) is 87.5 cm³/mol. The number of aromatic nitrogens is 1. The summed E-state index contributed by atoms with van der Waals surface area (Å²) < 4.78 is 5.32. The smallest absolute Gasteiger partial charge is 0.292 e. The summed E-state index contributed by atoms with van der Waals surface area (Å²) in [5.41, 5.74) is 0.915. The zero-order valence-corrected chi connectivity index (χ0v) is 14.2. The molecular formula is C16H26ClN3O2. The maximum Gasteiger partial charge on any atom is 0.292 e. The predicted octanol–water partition coefficient (Wildman–Crippen LogP) is 2.97. The van der Waals surface area contributed by atoms with Gasteiger partial charge in [0.05, 0.1) is 5.69 Å². The van der Waals surface area contributed by atoms with Gasteiger partial charge in [0.25, 0.3) is 5.91 Å². The Morgan fingerprint density at radius 1 is 1.36 bits per heavy atom. The number of amides is 1. The molecule has 22 heavy (non-hydrogen) atoms. The molecule has 2 aliphatic rings. The van der Waals surface area contributed by atoms with E-state index in [0.717, 1.165) is 38.0 Å². The third-order valence-corrected chi connectivity index (χ3v) is 4.95. The van der Waals surface area contributed by atoms with Gasteiger partial charge in [0.1, 0.15) is 0 Å². The molecule has 1 aromatic rings. The fourth-order valence-corrected chi connectivity index (χ4v) is 3.57. The van der Waals surface area contributed by atoms with E-state index in [1.54, 1.807) is 0 Å². The van der Waals surface area contributed by atoms with Crippen LogP contribution in [-0.4, -0.2) is 41.1 Å². The molecule has 0 aromatic carbocycles. The normalized spacial score (nSPS) is 24.2. The Morgan fingerprint density at radius 2 is 2.09 bits per heavy atom. The van der Waals surface area contributed by atoms with Crippen LogP contribution in [0.15, 0.2) is 10.6 Å². The molecule has 2 aliphatic heterocycles. The summed E-state index contributed by atoms with van der Waals surface area (Å²) >= 11 is 0. The van der Waals surface area contributed by atoms with E-state index < -0.39 is 0 Å². The molecule has 2 bridgehead atoms. The molecule has 6 heteroatoms. The monoisotopic (exact) mass is 327 g/mol. The molecule has 3 heterocycles. The summed E-state index contributed by atoms with van der Waals surface area (Å²) in [6.45, 7) is 5.88. The zero-order valence-electron chi connectivity index (χ0n) is 13.4. The minimum Gasteiger partial charge on any atom is -0.351 e. The minimum absolute atomic E-state index is 0. The van der Waals surface area contributed by atoms with Crippen molar-refractivity contribution in [1.29, 1.82) is 0 Å². The van der Waals surface area contributed by atoms with Gasteiger partial charge in [-0.1, -0.05) is 19.0 Å². The highest BCUT2D eigenvalue weighted by atomic mass is 35.5. The van der Waals surface area contributed by atoms with Gasteiger partial charge in [-0.2, -0.15) is 0 Å². The average Bonchev–Trinajstić information content (AvgIpc) is 3.07. The zero-order chi connectivity index (χ0) is 14.8. The van der Waals surface area contributed by atoms with E-state index in [4.69, 9.17) is 4.52 Å². The van der Waals surface area contributed by atoms with Crippen LogP contribution in [0.4, 0.5) is 0 Å². The second-order valence-corrected chi connectivity index (χ2v) is 6.31. The topological polar surface area (TPSA) is 58.4 Å². The second kappa shape index (κ2) is 7.47. The van der Waals surface area contributed by atoms with Crippen molar-refractivity contribution >= 4 is 18.3 Å². The Kier molecular flexibility index (Phi) is 5.87. The average molecular weight is 328 g/mol. The minimum atomic E-state index is -0.00550. The van der Waals surface area contributed by atoms with Crippen LogP contribution in [0.25, 0.3) is 0 Å². The van der Waals surface area contributed by atoms with E-state index >= 15 is 0 Å². The number of fused-ring (bicyclic) bond motifs is 2. The Morgan fingerprint density at radius 3 is 2.82 bits per heavy atom. The van der Waals surface area contributed by atoms with Crippen molar-refractivity contribution in [3.63, 3.8) is 0 Å². The molecule has 5 nitrogen and oxygen atoms in total. The summed E-state index contributed by atoms with van der Waals surface area (Å²) in [4.78, 5) is 14.5. The maximum absolute atomic E-state index is 12.6. The van der Waals surface area contributed by atoms with Gasteiger partial charge in [-0.05, 0) is 32.1 Å². The van der Waals surface area contributed by atoms with E-state index in [1.165, 1.54) is 12.8 Å². The molecule has 2 atom stereocenters. The first-order valence-corrected chi connectivity index (χ1v) is 8.23. The number of rotatable bonds is 4. The number of carbonyl (C=O) groups excluding carboxylic acids is 1. The number of carbonyl (C=O) groups is 1. The molecule has 1 amide bonds. The molecule has 2 unspecified atom stereocenters. The Labute approximate surface area is 138 Å². The van der Waals surface area contributed by atoms with Crippen LogP contribution in [-0.2, 0) is 0 Å². The molecule has 124 valence electrons. The molecule has 0 spiro atoms. The highest BCUT2D eigenvalue weighted by molar-refractivity contribution is 5.91. The summed E-state index contributed by atoms with van der Waals surface area (Å²) in [6.07, 6.45) is 5.50. The number of nitrogens with zero attached hydrogens (tertiary/aromatic N) is 2. The van der Waals surface area contributed by atoms with Crippen LogP contribution in [0.2, 0.25) is 0 Å². The van der Waals surface area contributed by atoms with Gasteiger partial charge in [-0.25, -0.2) is 0 Å². The first kappa shape index (κ1) is 17.3.